The molecule has 3 heterocycles. The summed E-state index contributed by atoms with van der Waals surface area (Å²) in [5.74, 6) is -0.874. The van der Waals surface area contributed by atoms with Crippen LogP contribution in [-0.2, 0) is 47.5 Å². The van der Waals surface area contributed by atoms with Gasteiger partial charge >= 0.3 is 11.9 Å². The fourth-order valence-electron chi connectivity index (χ4n) is 11.8. The van der Waals surface area contributed by atoms with Crippen molar-refractivity contribution in [2.75, 3.05) is 20.3 Å². The Balaban J connectivity index is 1.05. The lowest BCUT2D eigenvalue weighted by Crippen LogP contribution is -2.65. The van der Waals surface area contributed by atoms with Crippen LogP contribution in [0.4, 0.5) is 0 Å². The highest BCUT2D eigenvalue weighted by atomic mass is 16.8. The Morgan fingerprint density at radius 3 is 2.38 bits per heavy atom. The Bertz CT molecular complexity index is 1420. The summed E-state index contributed by atoms with van der Waals surface area (Å²) in [5.41, 5.74) is -1.00. The molecule has 6 fully saturated rings. The Labute approximate surface area is 309 Å². The van der Waals surface area contributed by atoms with Crippen molar-refractivity contribution in [3.63, 3.8) is 0 Å². The van der Waals surface area contributed by atoms with Gasteiger partial charge in [0, 0.05) is 30.9 Å². The van der Waals surface area contributed by atoms with Crippen LogP contribution >= 0.6 is 0 Å². The third-order valence-corrected chi connectivity index (χ3v) is 14.5. The molecule has 0 aromatic rings. The summed E-state index contributed by atoms with van der Waals surface area (Å²) in [4.78, 5) is 37.6. The number of fused-ring (bicyclic) bond motifs is 5. The third kappa shape index (κ3) is 6.40. The zero-order chi connectivity index (χ0) is 38.0. The Morgan fingerprint density at radius 2 is 1.72 bits per heavy atom. The van der Waals surface area contributed by atoms with Crippen LogP contribution in [0.3, 0.4) is 0 Å². The molecule has 53 heavy (non-hydrogen) atoms. The predicted molar refractivity (Wildman–Crippen MR) is 180 cm³/mol. The van der Waals surface area contributed by atoms with Crippen molar-refractivity contribution in [2.24, 2.45) is 34.5 Å². The summed E-state index contributed by atoms with van der Waals surface area (Å²) in [6, 6.07) is 0. The largest absolute Gasteiger partial charge is 0.458 e. The zero-order valence-electron chi connectivity index (χ0n) is 30.9. The Hall–Kier alpha value is -2.05. The molecule has 4 saturated carbocycles. The molecule has 4 aliphatic carbocycles. The molecule has 0 radical (unpaired) electrons. The molecule has 0 aromatic carbocycles. The molecule has 15 nitrogen and oxygen atoms in total. The van der Waals surface area contributed by atoms with E-state index in [1.807, 2.05) is 0 Å². The van der Waals surface area contributed by atoms with Gasteiger partial charge in [-0.05, 0) is 94.0 Å². The Kier molecular flexibility index (Phi) is 10.9. The molecule has 2 saturated heterocycles. The number of aldehydes is 1. The minimum absolute atomic E-state index is 0.0161. The minimum atomic E-state index is -1.66. The first kappa shape index (κ1) is 39.2. The van der Waals surface area contributed by atoms with Gasteiger partial charge in [-0.2, -0.15) is 0 Å². The number of carbonyl (C=O) groups is 3. The summed E-state index contributed by atoms with van der Waals surface area (Å²) in [6.45, 7) is 4.76. The molecule has 15 heteroatoms. The summed E-state index contributed by atoms with van der Waals surface area (Å²) < 4.78 is 41.3. The van der Waals surface area contributed by atoms with Crippen molar-refractivity contribution >= 4 is 18.2 Å². The molecule has 3 aliphatic heterocycles. The first-order chi connectivity index (χ1) is 25.2. The molecule has 7 rings (SSSR count). The topological polar surface area (TPSA) is 217 Å². The second-order valence-electron chi connectivity index (χ2n) is 16.8. The lowest BCUT2D eigenvalue weighted by Gasteiger charge is -2.63. The van der Waals surface area contributed by atoms with Gasteiger partial charge in [0.05, 0.1) is 24.4 Å². The van der Waals surface area contributed by atoms with Crippen molar-refractivity contribution in [2.45, 2.75) is 152 Å². The highest BCUT2D eigenvalue weighted by Crippen LogP contribution is 2.69. The third-order valence-electron chi connectivity index (χ3n) is 14.5. The molecule has 0 spiro atoms. The first-order valence-corrected chi connectivity index (χ1v) is 19.2. The lowest BCUT2D eigenvalue weighted by atomic mass is 9.43. The van der Waals surface area contributed by atoms with E-state index in [1.54, 1.807) is 13.0 Å². The van der Waals surface area contributed by atoms with Gasteiger partial charge in [0.15, 0.2) is 18.7 Å². The summed E-state index contributed by atoms with van der Waals surface area (Å²) >= 11 is 0. The average Bonchev–Trinajstić information content (AvgIpc) is 3.68. The van der Waals surface area contributed by atoms with Crippen LogP contribution in [0.25, 0.3) is 0 Å². The van der Waals surface area contributed by atoms with E-state index in [4.69, 9.17) is 33.2 Å². The lowest BCUT2D eigenvalue weighted by molar-refractivity contribution is -0.362. The van der Waals surface area contributed by atoms with E-state index in [1.165, 1.54) is 14.0 Å². The molecule has 298 valence electrons. The van der Waals surface area contributed by atoms with Crippen LogP contribution in [0.1, 0.15) is 78.6 Å². The number of aliphatic hydroxyl groups is 5. The predicted octanol–water partition coefficient (Wildman–Crippen LogP) is 0.684. The summed E-state index contributed by atoms with van der Waals surface area (Å²) in [7, 11) is 1.41. The smallest absolute Gasteiger partial charge is 0.331 e. The van der Waals surface area contributed by atoms with Gasteiger partial charge in [0.2, 0.25) is 0 Å². The van der Waals surface area contributed by atoms with Crippen molar-refractivity contribution in [3.05, 3.63) is 11.6 Å². The second kappa shape index (κ2) is 14.8. The summed E-state index contributed by atoms with van der Waals surface area (Å²) in [6.07, 6.45) is -3.79. The molecule has 0 bridgehead atoms. The van der Waals surface area contributed by atoms with Gasteiger partial charge < -0.3 is 63.5 Å². The summed E-state index contributed by atoms with van der Waals surface area (Å²) in [5, 5.41) is 53.4. The maximum Gasteiger partial charge on any atom is 0.331 e. The van der Waals surface area contributed by atoms with Crippen LogP contribution in [0, 0.1) is 34.5 Å². The van der Waals surface area contributed by atoms with Crippen LogP contribution in [0.15, 0.2) is 11.6 Å². The number of hydrogen-bond donors (Lipinski definition) is 5. The SMILES string of the molecule is CO[C@H]1[C@H](OC(C)=O)[C@H](O[C@@H]2CC[C@]3(C=O)[C@@H](CC[C@H]4[C@H]3CC[C@@]3(C)[C@H](C5=CC(=O)OC5)CC[C@@]43O)C2)O[C@@H](C)[C@@H]1O[C@H]1O[C@@H](CO)[C@H](O)[C@@H](O)[C@@H]1O. The van der Waals surface area contributed by atoms with E-state index in [-0.39, 0.29) is 42.4 Å². The van der Waals surface area contributed by atoms with Crippen LogP contribution in [0.5, 0.6) is 0 Å². The number of carbonyl (C=O) groups excluding carboxylic acids is 3. The van der Waals surface area contributed by atoms with Crippen molar-refractivity contribution in [1.29, 1.82) is 0 Å². The molecule has 7 aliphatic rings. The van der Waals surface area contributed by atoms with E-state index >= 15 is 0 Å². The fourth-order valence-corrected chi connectivity index (χ4v) is 11.8. The van der Waals surface area contributed by atoms with Gasteiger partial charge in [0.1, 0.15) is 49.5 Å². The first-order valence-electron chi connectivity index (χ1n) is 19.2. The Morgan fingerprint density at radius 1 is 0.943 bits per heavy atom. The van der Waals surface area contributed by atoms with Gasteiger partial charge in [0.25, 0.3) is 0 Å². The average molecular weight is 753 g/mol. The van der Waals surface area contributed by atoms with E-state index in [0.717, 1.165) is 44.0 Å². The fraction of sp³-hybridized carbons (Fsp3) is 0.868. The van der Waals surface area contributed by atoms with E-state index in [0.29, 0.717) is 25.7 Å². The second-order valence-corrected chi connectivity index (χ2v) is 16.8. The highest BCUT2D eigenvalue weighted by molar-refractivity contribution is 5.85. The number of cyclic esters (lactones) is 1. The van der Waals surface area contributed by atoms with Gasteiger partial charge in [-0.15, -0.1) is 0 Å². The zero-order valence-corrected chi connectivity index (χ0v) is 30.9. The van der Waals surface area contributed by atoms with E-state index in [2.05, 4.69) is 6.92 Å². The number of methoxy groups -OCH3 is 1. The maximum absolute atomic E-state index is 13.3. The normalized spacial score (nSPS) is 51.0. The van der Waals surface area contributed by atoms with E-state index in [9.17, 15) is 39.9 Å². The number of aliphatic hydroxyl groups excluding tert-OH is 4. The molecule has 0 amide bonds. The molecule has 0 unspecified atom stereocenters. The molecule has 0 aromatic heterocycles. The van der Waals surface area contributed by atoms with Crippen LogP contribution < -0.4 is 0 Å². The number of ether oxygens (including phenoxy) is 7. The number of esters is 2. The number of hydrogen-bond acceptors (Lipinski definition) is 15. The van der Waals surface area contributed by atoms with Gasteiger partial charge in [-0.1, -0.05) is 6.92 Å². The van der Waals surface area contributed by atoms with Crippen molar-refractivity contribution in [1.82, 2.24) is 0 Å². The molecule has 18 atom stereocenters. The monoisotopic (exact) mass is 752 g/mol. The minimum Gasteiger partial charge on any atom is -0.458 e. The standard InChI is InChI=1S/C38H56O15/c1-18-31(53-34-30(45)29(44)28(43)26(15-39)52-34)32(47-4)33(50-19(2)41)35(49-18)51-22-7-11-37(17-40)21(14-22)5-6-25-24(37)8-10-36(3)23(9-12-38(25,36)46)20-13-27(42)48-16-20/h13,17-18,21-26,28-35,39,43-46H,5-12,14-16H2,1-4H3/t18-,21-,22+,23-,24+,25-,26-,28-,29+,30-,31-,32+,33-,34+,35-,36-,37-,38+/m0/s1. The number of rotatable bonds is 9. The van der Waals surface area contributed by atoms with Crippen LogP contribution in [-0.4, -0.2) is 137 Å². The van der Waals surface area contributed by atoms with Gasteiger partial charge in [-0.25, -0.2) is 4.79 Å². The maximum atomic E-state index is 13.3. The molecule has 5 N–H and O–H groups in total. The molecular weight excluding hydrogens is 696 g/mol. The van der Waals surface area contributed by atoms with Gasteiger partial charge in [-0.3, -0.25) is 4.79 Å². The van der Waals surface area contributed by atoms with E-state index < -0.39 is 90.4 Å². The van der Waals surface area contributed by atoms with Crippen molar-refractivity contribution in [3.8, 4) is 0 Å². The quantitative estimate of drug-likeness (QED) is 0.124. The highest BCUT2D eigenvalue weighted by Gasteiger charge is 2.69. The molecular formula is C38H56O15. The van der Waals surface area contributed by atoms with Crippen molar-refractivity contribution < 1.29 is 73.1 Å². The van der Waals surface area contributed by atoms with Crippen LogP contribution in [0.2, 0.25) is 0 Å².